The van der Waals surface area contributed by atoms with Gasteiger partial charge in [0, 0.05) is 34.9 Å². The lowest BCUT2D eigenvalue weighted by Crippen LogP contribution is -2.27. The molecule has 1 heterocycles. The molecule has 3 N–H and O–H groups in total. The molecule has 1 atom stereocenters. The highest BCUT2D eigenvalue weighted by molar-refractivity contribution is 6.05. The number of rotatable bonds is 6. The Bertz CT molecular complexity index is 1010. The number of amides is 2. The molecule has 1 fully saturated rings. The van der Waals surface area contributed by atoms with Gasteiger partial charge in [0.25, 0.3) is 11.8 Å². The summed E-state index contributed by atoms with van der Waals surface area (Å²) in [6, 6.07) is 24.2. The molecule has 0 spiro atoms. The highest BCUT2D eigenvalue weighted by Crippen LogP contribution is 2.20. The van der Waals surface area contributed by atoms with Gasteiger partial charge in [-0.3, -0.25) is 9.59 Å². The van der Waals surface area contributed by atoms with E-state index >= 15 is 0 Å². The van der Waals surface area contributed by atoms with Crippen LogP contribution in [0, 0.1) is 0 Å². The quantitative estimate of drug-likeness (QED) is 0.554. The van der Waals surface area contributed by atoms with Gasteiger partial charge in [-0.1, -0.05) is 24.3 Å². The lowest BCUT2D eigenvalue weighted by molar-refractivity contribution is -0.124. The van der Waals surface area contributed by atoms with E-state index in [0.29, 0.717) is 23.5 Å². The molecule has 1 unspecified atom stereocenters. The first-order chi connectivity index (χ1) is 14.7. The number of carbonyl (C=O) groups is 2. The van der Waals surface area contributed by atoms with E-state index in [2.05, 4.69) is 16.0 Å². The van der Waals surface area contributed by atoms with Crippen LogP contribution in [0.1, 0.15) is 23.2 Å². The number of hydrogen-bond acceptors (Lipinski definition) is 4. The summed E-state index contributed by atoms with van der Waals surface area (Å²) in [7, 11) is 0. The lowest BCUT2D eigenvalue weighted by Gasteiger charge is -2.12. The third-order valence-corrected chi connectivity index (χ3v) is 4.82. The first kappa shape index (κ1) is 19.7. The Morgan fingerprint density at radius 3 is 2.20 bits per heavy atom. The summed E-state index contributed by atoms with van der Waals surface area (Å²) in [6.07, 6.45) is 1.20. The van der Waals surface area contributed by atoms with Crippen LogP contribution in [0.3, 0.4) is 0 Å². The molecule has 6 nitrogen and oxygen atoms in total. The molecule has 0 aromatic heterocycles. The second-order valence-electron chi connectivity index (χ2n) is 7.09. The zero-order chi connectivity index (χ0) is 20.8. The van der Waals surface area contributed by atoms with Crippen LogP contribution in [-0.2, 0) is 9.53 Å². The first-order valence-electron chi connectivity index (χ1n) is 9.93. The normalized spacial score (nSPS) is 15.4. The van der Waals surface area contributed by atoms with Crippen molar-refractivity contribution < 1.29 is 14.3 Å². The average Bonchev–Trinajstić information content (AvgIpc) is 3.31. The van der Waals surface area contributed by atoms with E-state index in [0.717, 1.165) is 24.2 Å². The van der Waals surface area contributed by atoms with Crippen molar-refractivity contribution in [3.8, 4) is 0 Å². The van der Waals surface area contributed by atoms with E-state index in [1.54, 1.807) is 24.3 Å². The van der Waals surface area contributed by atoms with Gasteiger partial charge in [-0.05, 0) is 67.4 Å². The predicted octanol–water partition coefficient (Wildman–Crippen LogP) is 4.80. The van der Waals surface area contributed by atoms with E-state index in [9.17, 15) is 9.59 Å². The molecule has 152 valence electrons. The van der Waals surface area contributed by atoms with Gasteiger partial charge >= 0.3 is 0 Å². The Labute approximate surface area is 175 Å². The summed E-state index contributed by atoms with van der Waals surface area (Å²) in [4.78, 5) is 24.8. The number of carbonyl (C=O) groups excluding carboxylic acids is 2. The van der Waals surface area contributed by atoms with E-state index in [1.807, 2.05) is 54.6 Å². The molecule has 30 heavy (non-hydrogen) atoms. The van der Waals surface area contributed by atoms with Crippen LogP contribution in [0.2, 0.25) is 0 Å². The van der Waals surface area contributed by atoms with E-state index in [-0.39, 0.29) is 11.8 Å². The Morgan fingerprint density at radius 1 is 0.767 bits per heavy atom. The SMILES string of the molecule is O=C(Nc1ccc(Nc2ccccc2)cc1)c1cccc(NC(=O)C2CCCO2)c1. The first-order valence-corrected chi connectivity index (χ1v) is 9.93. The van der Waals surface area contributed by atoms with Crippen molar-refractivity contribution in [1.29, 1.82) is 0 Å². The van der Waals surface area contributed by atoms with Crippen LogP contribution in [0.25, 0.3) is 0 Å². The number of ether oxygens (including phenoxy) is 1. The molecule has 1 saturated heterocycles. The molecule has 2 amide bonds. The Balaban J connectivity index is 1.37. The monoisotopic (exact) mass is 401 g/mol. The second kappa shape index (κ2) is 9.24. The molecule has 6 heteroatoms. The molecule has 3 aromatic rings. The van der Waals surface area contributed by atoms with Crippen molar-refractivity contribution in [2.75, 3.05) is 22.6 Å². The van der Waals surface area contributed by atoms with Gasteiger partial charge in [0.2, 0.25) is 0 Å². The summed E-state index contributed by atoms with van der Waals surface area (Å²) in [6.45, 7) is 0.611. The molecule has 1 aliphatic rings. The summed E-state index contributed by atoms with van der Waals surface area (Å²) < 4.78 is 5.39. The maximum atomic E-state index is 12.6. The maximum Gasteiger partial charge on any atom is 0.255 e. The van der Waals surface area contributed by atoms with Crippen molar-refractivity contribution in [2.24, 2.45) is 0 Å². The molecule has 0 aliphatic carbocycles. The third kappa shape index (κ3) is 5.04. The lowest BCUT2D eigenvalue weighted by atomic mass is 10.1. The molecular weight excluding hydrogens is 378 g/mol. The van der Waals surface area contributed by atoms with Crippen LogP contribution < -0.4 is 16.0 Å². The van der Waals surface area contributed by atoms with Crippen molar-refractivity contribution in [2.45, 2.75) is 18.9 Å². The van der Waals surface area contributed by atoms with Crippen molar-refractivity contribution >= 4 is 34.6 Å². The molecule has 0 saturated carbocycles. The second-order valence-corrected chi connectivity index (χ2v) is 7.09. The van der Waals surface area contributed by atoms with Crippen LogP contribution in [0.15, 0.2) is 78.9 Å². The molecule has 0 bridgehead atoms. The van der Waals surface area contributed by atoms with Crippen LogP contribution >= 0.6 is 0 Å². The highest BCUT2D eigenvalue weighted by atomic mass is 16.5. The minimum atomic E-state index is -0.412. The van der Waals surface area contributed by atoms with Gasteiger partial charge in [-0.15, -0.1) is 0 Å². The highest BCUT2D eigenvalue weighted by Gasteiger charge is 2.23. The maximum absolute atomic E-state index is 12.6. The van der Waals surface area contributed by atoms with Gasteiger partial charge in [0.15, 0.2) is 0 Å². The zero-order valence-electron chi connectivity index (χ0n) is 16.4. The molecule has 0 radical (unpaired) electrons. The van der Waals surface area contributed by atoms with Gasteiger partial charge in [-0.25, -0.2) is 0 Å². The number of anilines is 4. The Morgan fingerprint density at radius 2 is 1.47 bits per heavy atom. The largest absolute Gasteiger partial charge is 0.368 e. The molecule has 1 aliphatic heterocycles. The van der Waals surface area contributed by atoms with Gasteiger partial charge in [-0.2, -0.15) is 0 Å². The molecule has 3 aromatic carbocycles. The average molecular weight is 401 g/mol. The van der Waals surface area contributed by atoms with Crippen molar-refractivity contribution in [3.63, 3.8) is 0 Å². The fraction of sp³-hybridized carbons (Fsp3) is 0.167. The standard InChI is InChI=1S/C24H23N3O3/c28-23(17-6-4-9-21(16-17)27-24(29)22-10-5-15-30-22)26-20-13-11-19(12-14-20)25-18-7-2-1-3-8-18/h1-4,6-9,11-14,16,22,25H,5,10,15H2,(H,26,28)(H,27,29). The number of benzene rings is 3. The summed E-state index contributed by atoms with van der Waals surface area (Å²) in [5.41, 5.74) is 3.65. The minimum Gasteiger partial charge on any atom is -0.368 e. The number of para-hydroxylation sites is 1. The molecular formula is C24H23N3O3. The Hall–Kier alpha value is -3.64. The summed E-state index contributed by atoms with van der Waals surface area (Å²) in [5, 5.41) is 9.00. The van der Waals surface area contributed by atoms with Crippen LogP contribution in [0.5, 0.6) is 0 Å². The fourth-order valence-corrected chi connectivity index (χ4v) is 3.27. The van der Waals surface area contributed by atoms with E-state index in [1.165, 1.54) is 0 Å². The topological polar surface area (TPSA) is 79.5 Å². The number of hydrogen-bond donors (Lipinski definition) is 3. The van der Waals surface area contributed by atoms with E-state index in [4.69, 9.17) is 4.74 Å². The van der Waals surface area contributed by atoms with Gasteiger partial charge in [0.05, 0.1) is 0 Å². The minimum absolute atomic E-state index is 0.174. The molecule has 4 rings (SSSR count). The predicted molar refractivity (Wildman–Crippen MR) is 118 cm³/mol. The van der Waals surface area contributed by atoms with E-state index < -0.39 is 6.10 Å². The van der Waals surface area contributed by atoms with Crippen LogP contribution in [-0.4, -0.2) is 24.5 Å². The van der Waals surface area contributed by atoms with Gasteiger partial charge < -0.3 is 20.7 Å². The van der Waals surface area contributed by atoms with Crippen LogP contribution in [0.4, 0.5) is 22.7 Å². The van der Waals surface area contributed by atoms with Crippen molar-refractivity contribution in [3.05, 3.63) is 84.4 Å². The fourth-order valence-electron chi connectivity index (χ4n) is 3.27. The summed E-state index contributed by atoms with van der Waals surface area (Å²) >= 11 is 0. The Kier molecular flexibility index (Phi) is 6.06. The summed E-state index contributed by atoms with van der Waals surface area (Å²) in [5.74, 6) is -0.418. The van der Waals surface area contributed by atoms with Crippen molar-refractivity contribution in [1.82, 2.24) is 0 Å². The number of nitrogens with one attached hydrogen (secondary N) is 3. The smallest absolute Gasteiger partial charge is 0.255 e. The van der Waals surface area contributed by atoms with Gasteiger partial charge in [0.1, 0.15) is 6.10 Å². The third-order valence-electron chi connectivity index (χ3n) is 4.82. The zero-order valence-corrected chi connectivity index (χ0v) is 16.4.